The number of nitrogens with one attached hydrogen (secondary N) is 1. The number of nitrogens with zero attached hydrogens (tertiary/aromatic N) is 1. The summed E-state index contributed by atoms with van der Waals surface area (Å²) < 4.78 is 40.0. The Morgan fingerprint density at radius 2 is 2.20 bits per heavy atom. The molecule has 84 valence electrons. The summed E-state index contributed by atoms with van der Waals surface area (Å²) >= 11 is 0. The van der Waals surface area contributed by atoms with Gasteiger partial charge in [-0.3, -0.25) is 4.79 Å². The Hall–Kier alpha value is -1.53. The fourth-order valence-electron chi connectivity index (χ4n) is 0.879. The van der Waals surface area contributed by atoms with E-state index in [1.807, 2.05) is 0 Å². The summed E-state index contributed by atoms with van der Waals surface area (Å²) in [4.78, 5) is 16.6. The highest BCUT2D eigenvalue weighted by Gasteiger charge is 2.26. The van der Waals surface area contributed by atoms with Crippen LogP contribution in [-0.2, 0) is 0 Å². The molecule has 0 saturated heterocycles. The average Bonchev–Trinajstić information content (AvgIpc) is 2.11. The van der Waals surface area contributed by atoms with Gasteiger partial charge in [0.2, 0.25) is 5.88 Å². The van der Waals surface area contributed by atoms with E-state index in [0.29, 0.717) is 0 Å². The summed E-state index contributed by atoms with van der Waals surface area (Å²) in [5.74, 6) is 0.0286. The number of halogens is 3. The van der Waals surface area contributed by atoms with Gasteiger partial charge in [0.15, 0.2) is 0 Å². The zero-order valence-electron chi connectivity index (χ0n) is 7.67. The van der Waals surface area contributed by atoms with Gasteiger partial charge in [0.05, 0.1) is 19.0 Å². The Kier molecular flexibility index (Phi) is 3.70. The van der Waals surface area contributed by atoms with Gasteiger partial charge in [0.1, 0.15) is 0 Å². The summed E-state index contributed by atoms with van der Waals surface area (Å²) in [5, 5.41) is 0. The van der Waals surface area contributed by atoms with Gasteiger partial charge in [0.25, 0.3) is 5.56 Å². The first-order valence-corrected chi connectivity index (χ1v) is 4.22. The number of hydrogen-bond acceptors (Lipinski definition) is 3. The molecule has 0 aliphatic rings. The lowest BCUT2D eigenvalue weighted by Crippen LogP contribution is -2.11. The Morgan fingerprint density at radius 1 is 1.47 bits per heavy atom. The normalized spacial score (nSPS) is 11.4. The second kappa shape index (κ2) is 4.81. The lowest BCUT2D eigenvalue weighted by Gasteiger charge is -2.06. The first-order valence-electron chi connectivity index (χ1n) is 4.22. The lowest BCUT2D eigenvalue weighted by atomic mass is 10.3. The van der Waals surface area contributed by atoms with Gasteiger partial charge >= 0.3 is 6.18 Å². The zero-order valence-corrected chi connectivity index (χ0v) is 7.67. The Balaban J connectivity index is 2.29. The first kappa shape index (κ1) is 11.5. The van der Waals surface area contributed by atoms with Crippen LogP contribution in [0.1, 0.15) is 12.8 Å². The third-order valence-corrected chi connectivity index (χ3v) is 1.51. The van der Waals surface area contributed by atoms with Crippen LogP contribution < -0.4 is 10.3 Å². The quantitative estimate of drug-likeness (QED) is 0.785. The highest BCUT2D eigenvalue weighted by atomic mass is 19.4. The van der Waals surface area contributed by atoms with Crippen molar-refractivity contribution in [3.8, 4) is 5.88 Å². The number of hydrogen-bond donors (Lipinski definition) is 1. The summed E-state index contributed by atoms with van der Waals surface area (Å²) in [5.41, 5.74) is -0.407. The van der Waals surface area contributed by atoms with Crippen LogP contribution in [0.3, 0.4) is 0 Å². The molecule has 0 radical (unpaired) electrons. The Bertz CT molecular complexity index is 361. The molecule has 0 aliphatic carbocycles. The molecule has 0 fully saturated rings. The number of rotatable bonds is 4. The van der Waals surface area contributed by atoms with Gasteiger partial charge in [0, 0.05) is 6.42 Å². The van der Waals surface area contributed by atoms with E-state index in [1.54, 1.807) is 0 Å². The highest BCUT2D eigenvalue weighted by molar-refractivity contribution is 5.04. The maximum absolute atomic E-state index is 11.7. The monoisotopic (exact) mass is 222 g/mol. The van der Waals surface area contributed by atoms with Crippen molar-refractivity contribution in [3.63, 3.8) is 0 Å². The Labute approximate surface area is 83.1 Å². The maximum atomic E-state index is 11.7. The van der Waals surface area contributed by atoms with Crippen LogP contribution in [0.25, 0.3) is 0 Å². The fraction of sp³-hybridized carbons (Fsp3) is 0.500. The molecule has 0 aliphatic heterocycles. The zero-order chi connectivity index (χ0) is 11.3. The molecule has 0 bridgehead atoms. The smallest absolute Gasteiger partial charge is 0.389 e. The fourth-order valence-corrected chi connectivity index (χ4v) is 0.879. The lowest BCUT2D eigenvalue weighted by molar-refractivity contribution is -0.136. The minimum absolute atomic E-state index is 0.0286. The molecular formula is C8H9F3N2O2. The van der Waals surface area contributed by atoms with Crippen molar-refractivity contribution < 1.29 is 17.9 Å². The van der Waals surface area contributed by atoms with E-state index >= 15 is 0 Å². The molecule has 0 spiro atoms. The van der Waals surface area contributed by atoms with Crippen molar-refractivity contribution in [2.75, 3.05) is 6.61 Å². The Morgan fingerprint density at radius 3 is 2.80 bits per heavy atom. The van der Waals surface area contributed by atoms with Crippen molar-refractivity contribution in [1.82, 2.24) is 9.97 Å². The number of ether oxygens (including phenoxy) is 1. The van der Waals surface area contributed by atoms with Crippen LogP contribution in [0.2, 0.25) is 0 Å². The molecule has 4 nitrogen and oxygen atoms in total. The summed E-state index contributed by atoms with van der Waals surface area (Å²) in [6.45, 7) is -0.115. The van der Waals surface area contributed by atoms with Crippen molar-refractivity contribution >= 4 is 0 Å². The topological polar surface area (TPSA) is 55.0 Å². The van der Waals surface area contributed by atoms with Gasteiger partial charge in [-0.05, 0) is 6.42 Å². The number of H-pyrrole nitrogens is 1. The molecule has 0 amide bonds. The molecule has 1 heterocycles. The molecule has 0 saturated carbocycles. The second-order valence-electron chi connectivity index (χ2n) is 2.82. The van der Waals surface area contributed by atoms with Gasteiger partial charge in [-0.25, -0.2) is 4.98 Å². The standard InChI is InChI=1S/C8H9F3N2O2/c9-8(10,11)2-1-3-15-7-4-6(14)12-5-13-7/h4-5H,1-3H2,(H,12,13,14). The molecule has 0 atom stereocenters. The van der Waals surface area contributed by atoms with E-state index in [2.05, 4.69) is 9.97 Å². The molecule has 0 unspecified atom stereocenters. The van der Waals surface area contributed by atoms with Crippen molar-refractivity contribution in [2.24, 2.45) is 0 Å². The van der Waals surface area contributed by atoms with E-state index < -0.39 is 18.2 Å². The third kappa shape index (κ3) is 5.04. The van der Waals surface area contributed by atoms with Crippen LogP contribution >= 0.6 is 0 Å². The minimum Gasteiger partial charge on any atom is -0.477 e. The van der Waals surface area contributed by atoms with Gasteiger partial charge in [-0.15, -0.1) is 0 Å². The van der Waals surface area contributed by atoms with E-state index in [0.717, 1.165) is 12.4 Å². The van der Waals surface area contributed by atoms with Crippen molar-refractivity contribution in [3.05, 3.63) is 22.7 Å². The number of alkyl halides is 3. The molecule has 15 heavy (non-hydrogen) atoms. The van der Waals surface area contributed by atoms with Gasteiger partial charge in [-0.1, -0.05) is 0 Å². The molecule has 1 rings (SSSR count). The van der Waals surface area contributed by atoms with Crippen molar-refractivity contribution in [2.45, 2.75) is 19.0 Å². The van der Waals surface area contributed by atoms with Gasteiger partial charge in [-0.2, -0.15) is 13.2 Å². The van der Waals surface area contributed by atoms with E-state index in [9.17, 15) is 18.0 Å². The highest BCUT2D eigenvalue weighted by Crippen LogP contribution is 2.21. The molecule has 0 aromatic carbocycles. The summed E-state index contributed by atoms with van der Waals surface area (Å²) in [6.07, 6.45) is -4.11. The molecule has 7 heteroatoms. The number of aromatic nitrogens is 2. The van der Waals surface area contributed by atoms with Crippen molar-refractivity contribution in [1.29, 1.82) is 0 Å². The SMILES string of the molecule is O=c1cc(OCCCC(F)(F)F)nc[nH]1. The molecule has 1 aromatic rings. The third-order valence-electron chi connectivity index (χ3n) is 1.51. The average molecular weight is 222 g/mol. The predicted octanol–water partition coefficient (Wildman–Crippen LogP) is 1.49. The molecule has 1 N–H and O–H groups in total. The summed E-state index contributed by atoms with van der Waals surface area (Å²) in [6, 6.07) is 1.08. The van der Waals surface area contributed by atoms with Gasteiger partial charge < -0.3 is 9.72 Å². The number of aromatic amines is 1. The first-order chi connectivity index (χ1) is 6.97. The van der Waals surface area contributed by atoms with E-state index in [-0.39, 0.29) is 18.9 Å². The van der Waals surface area contributed by atoms with Crippen LogP contribution in [0, 0.1) is 0 Å². The second-order valence-corrected chi connectivity index (χ2v) is 2.82. The van der Waals surface area contributed by atoms with E-state index in [1.165, 1.54) is 0 Å². The van der Waals surface area contributed by atoms with Crippen LogP contribution in [0.5, 0.6) is 5.88 Å². The summed E-state index contributed by atoms with van der Waals surface area (Å²) in [7, 11) is 0. The molecule has 1 aromatic heterocycles. The van der Waals surface area contributed by atoms with Crippen LogP contribution in [-0.4, -0.2) is 22.8 Å². The van der Waals surface area contributed by atoms with Crippen LogP contribution in [0.15, 0.2) is 17.2 Å². The minimum atomic E-state index is -4.18. The van der Waals surface area contributed by atoms with Crippen LogP contribution in [0.4, 0.5) is 13.2 Å². The maximum Gasteiger partial charge on any atom is 0.389 e. The van der Waals surface area contributed by atoms with E-state index in [4.69, 9.17) is 4.74 Å². The predicted molar refractivity (Wildman–Crippen MR) is 45.6 cm³/mol. The molecular weight excluding hydrogens is 213 g/mol. The largest absolute Gasteiger partial charge is 0.477 e.